The molecule has 0 unspecified atom stereocenters. The Morgan fingerprint density at radius 2 is 0.870 bits per heavy atom. The van der Waals surface area contributed by atoms with Crippen molar-refractivity contribution in [2.75, 3.05) is 0 Å². The molecule has 0 spiro atoms. The zero-order valence-corrected chi connectivity index (χ0v) is 13.7. The molecule has 2 fully saturated rings. The summed E-state index contributed by atoms with van der Waals surface area (Å²) in [5.74, 6) is 2.31. The van der Waals surface area contributed by atoms with Crippen LogP contribution in [0.15, 0.2) is 48.6 Å². The first kappa shape index (κ1) is 21.8. The predicted octanol–water partition coefficient (Wildman–Crippen LogP) is 3.40. The van der Waals surface area contributed by atoms with Gasteiger partial charge in [0, 0.05) is 11.8 Å². The van der Waals surface area contributed by atoms with Crippen LogP contribution in [0.5, 0.6) is 0 Å². The van der Waals surface area contributed by atoms with E-state index in [4.69, 9.17) is 0 Å². The first-order valence-corrected chi connectivity index (χ1v) is 6.87. The molecule has 0 heterocycles. The Balaban J connectivity index is 0.000000403. The third-order valence-electron chi connectivity index (χ3n) is 2.56. The molecule has 0 aromatic rings. The van der Waals surface area contributed by atoms with E-state index in [0.29, 0.717) is 0 Å². The van der Waals surface area contributed by atoms with Gasteiger partial charge in [0.25, 0.3) is 0 Å². The minimum Gasteiger partial charge on any atom is -0.299 e. The van der Waals surface area contributed by atoms with Crippen LogP contribution >= 0.6 is 0 Å². The first-order valence-electron chi connectivity index (χ1n) is 6.87. The molecule has 2 aliphatic rings. The van der Waals surface area contributed by atoms with Gasteiger partial charge in [-0.1, -0.05) is 36.5 Å². The number of hydrogen-bond acceptors (Lipinski definition) is 2. The van der Waals surface area contributed by atoms with E-state index >= 15 is 0 Å². The van der Waals surface area contributed by atoms with E-state index in [1.54, 1.807) is 12.2 Å². The van der Waals surface area contributed by atoms with E-state index in [1.807, 2.05) is 75.7 Å². The molecule has 0 aliphatic heterocycles. The van der Waals surface area contributed by atoms with Crippen LogP contribution in [0.2, 0.25) is 0 Å². The molecule has 0 amide bonds. The number of carbonyl (C=O) groups excluding carboxylic acids is 2. The molecule has 0 aromatic heterocycles. The molecule has 0 bridgehead atoms. The number of allylic oxidation sites excluding steroid dienone is 8. The van der Waals surface area contributed by atoms with Crippen LogP contribution < -0.4 is 0 Å². The molecule has 2 nitrogen and oxygen atoms in total. The van der Waals surface area contributed by atoms with Crippen LogP contribution in [0, 0.1) is 63.2 Å². The van der Waals surface area contributed by atoms with Crippen LogP contribution in [-0.2, 0) is 26.7 Å². The smallest absolute Gasteiger partial charge is 0.299 e. The van der Waals surface area contributed by atoms with Crippen molar-refractivity contribution < 1.29 is 26.7 Å². The van der Waals surface area contributed by atoms with Crippen molar-refractivity contribution >= 4 is 12.6 Å². The minimum absolute atomic E-state index is 0. The molecular weight excluding hydrogens is 328 g/mol. The normalized spacial score (nSPS) is 19.5. The van der Waals surface area contributed by atoms with Gasteiger partial charge in [-0.05, 0) is 63.5 Å². The van der Waals surface area contributed by atoms with Crippen molar-refractivity contribution in [3.05, 3.63) is 112 Å². The Bertz CT molecular complexity index is 369. The third-order valence-corrected chi connectivity index (χ3v) is 2.56. The molecule has 2 aliphatic carbocycles. The maximum Gasteiger partial charge on any atom is 2.00 e. The van der Waals surface area contributed by atoms with Crippen LogP contribution in [-0.4, -0.2) is 12.6 Å². The summed E-state index contributed by atoms with van der Waals surface area (Å²) in [6.45, 7) is 0. The Hall–Kier alpha value is -1.18. The van der Waals surface area contributed by atoms with E-state index in [1.165, 1.54) is 12.2 Å². The van der Waals surface area contributed by atoms with E-state index in [9.17, 15) is 9.59 Å². The average molecular weight is 346 g/mol. The first-order chi connectivity index (χ1) is 10.9. The van der Waals surface area contributed by atoms with Gasteiger partial charge < -0.3 is 0 Å². The minimum atomic E-state index is 0. The Morgan fingerprint density at radius 3 is 1.17 bits per heavy atom. The molecular formula is C20H18FeO2+2. The van der Waals surface area contributed by atoms with Gasteiger partial charge in [-0.3, -0.25) is 9.59 Å². The Morgan fingerprint density at radius 1 is 0.522 bits per heavy atom. The average Bonchev–Trinajstić information content (AvgIpc) is 3.22. The molecule has 0 N–H and O–H groups in total. The van der Waals surface area contributed by atoms with E-state index in [2.05, 4.69) is 0 Å². The number of hydrogen-bond donors (Lipinski definition) is 0. The van der Waals surface area contributed by atoms with Gasteiger partial charge in [0.05, 0.1) is 0 Å². The van der Waals surface area contributed by atoms with Gasteiger partial charge in [-0.2, -0.15) is 0 Å². The number of carbonyl (C=O) groups is 2. The monoisotopic (exact) mass is 346 g/mol. The summed E-state index contributed by atoms with van der Waals surface area (Å²) >= 11 is 0. The van der Waals surface area contributed by atoms with Crippen LogP contribution in [0.3, 0.4) is 0 Å². The molecule has 3 heteroatoms. The maximum absolute atomic E-state index is 9.85. The Labute approximate surface area is 151 Å². The standard InChI is InChI=1S/2C10H9O.Fe/c2*11-9-5-1-2-6-10-7-3-4-8-10;/h2*1-9H;/q;;+2/b2*5-1+,6-2+;. The van der Waals surface area contributed by atoms with E-state index in [0.717, 1.165) is 24.4 Å². The molecule has 0 atom stereocenters. The molecule has 23 heavy (non-hydrogen) atoms. The second-order valence-electron chi connectivity index (χ2n) is 4.20. The van der Waals surface area contributed by atoms with Gasteiger partial charge in [-0.15, -0.1) is 0 Å². The van der Waals surface area contributed by atoms with Gasteiger partial charge >= 0.3 is 17.1 Å². The number of aldehydes is 2. The van der Waals surface area contributed by atoms with Crippen molar-refractivity contribution in [3.63, 3.8) is 0 Å². The van der Waals surface area contributed by atoms with Crippen molar-refractivity contribution in [1.82, 2.24) is 0 Å². The van der Waals surface area contributed by atoms with E-state index in [-0.39, 0.29) is 17.1 Å². The zero-order chi connectivity index (χ0) is 15.9. The molecule has 10 radical (unpaired) electrons. The van der Waals surface area contributed by atoms with Gasteiger partial charge in [0.2, 0.25) is 0 Å². The second-order valence-corrected chi connectivity index (χ2v) is 4.20. The van der Waals surface area contributed by atoms with Gasteiger partial charge in [-0.25, -0.2) is 0 Å². The van der Waals surface area contributed by atoms with E-state index < -0.39 is 0 Å². The summed E-state index contributed by atoms with van der Waals surface area (Å²) in [5, 5.41) is 0. The largest absolute Gasteiger partial charge is 2.00 e. The summed E-state index contributed by atoms with van der Waals surface area (Å²) in [7, 11) is 0. The fourth-order valence-electron chi connectivity index (χ4n) is 1.55. The third kappa shape index (κ3) is 12.0. The summed E-state index contributed by atoms with van der Waals surface area (Å²) in [4.78, 5) is 19.7. The molecule has 0 aromatic carbocycles. The molecule has 116 valence electrons. The predicted molar refractivity (Wildman–Crippen MR) is 89.6 cm³/mol. The van der Waals surface area contributed by atoms with Gasteiger partial charge in [0.1, 0.15) is 12.6 Å². The van der Waals surface area contributed by atoms with Crippen LogP contribution in [0.1, 0.15) is 0 Å². The molecule has 2 rings (SSSR count). The SMILES string of the molecule is O=C/C=C/C=C/[C]1[CH][CH][CH][CH]1.O=C/C=C/C=C/[C]1[CH][CH][CH][CH]1.[Fe+2]. The summed E-state index contributed by atoms with van der Waals surface area (Å²) < 4.78 is 0. The maximum atomic E-state index is 9.85. The molecule has 0 saturated heterocycles. The van der Waals surface area contributed by atoms with Crippen molar-refractivity contribution in [1.29, 1.82) is 0 Å². The van der Waals surface area contributed by atoms with Crippen molar-refractivity contribution in [3.8, 4) is 0 Å². The van der Waals surface area contributed by atoms with Gasteiger partial charge in [0.15, 0.2) is 0 Å². The molecule has 2 saturated carbocycles. The summed E-state index contributed by atoms with van der Waals surface area (Å²) in [5.41, 5.74) is 0. The summed E-state index contributed by atoms with van der Waals surface area (Å²) in [6.07, 6.45) is 31.3. The quantitative estimate of drug-likeness (QED) is 0.320. The topological polar surface area (TPSA) is 34.1 Å². The number of rotatable bonds is 6. The summed E-state index contributed by atoms with van der Waals surface area (Å²) in [6, 6.07) is 0. The second kappa shape index (κ2) is 15.7. The fourth-order valence-corrected chi connectivity index (χ4v) is 1.55. The van der Waals surface area contributed by atoms with Crippen LogP contribution in [0.25, 0.3) is 0 Å². The zero-order valence-electron chi connectivity index (χ0n) is 12.6. The van der Waals surface area contributed by atoms with Crippen molar-refractivity contribution in [2.24, 2.45) is 0 Å². The van der Waals surface area contributed by atoms with Crippen molar-refractivity contribution in [2.45, 2.75) is 0 Å². The fraction of sp³-hybridized carbons (Fsp3) is 0. The Kier molecular flexibility index (Phi) is 14.9. The van der Waals surface area contributed by atoms with Crippen LogP contribution in [0.4, 0.5) is 0 Å².